The smallest absolute Gasteiger partial charge is 0.257 e. The zero-order valence-electron chi connectivity index (χ0n) is 17.9. The molecule has 2 amide bonds. The van der Waals surface area contributed by atoms with E-state index in [0.717, 1.165) is 0 Å². The molecule has 1 unspecified atom stereocenters. The van der Waals surface area contributed by atoms with Gasteiger partial charge in [0.2, 0.25) is 17.2 Å². The number of benzene rings is 2. The van der Waals surface area contributed by atoms with E-state index in [1.807, 2.05) is 0 Å². The standard InChI is InChI=1S/C23H20F3N3O5/c1-11-10-34-21-18(26)16(25)6-14-19(21)29(11)8-15(20(14)31)22(32)28-17(9-30)23(33)27-7-12-2-4-13(24)5-3-12/h2-6,8,11,17,30H,7,9-10H2,1H3,(H,27,33)(H,28,32)/t11?,17-/m0/s1. The summed E-state index contributed by atoms with van der Waals surface area (Å²) in [7, 11) is 0. The molecule has 2 aromatic carbocycles. The minimum atomic E-state index is -1.40. The Hall–Kier alpha value is -3.86. The van der Waals surface area contributed by atoms with Crippen molar-refractivity contribution >= 4 is 22.7 Å². The zero-order chi connectivity index (χ0) is 24.6. The first kappa shape index (κ1) is 23.3. The topological polar surface area (TPSA) is 110 Å². The van der Waals surface area contributed by atoms with Gasteiger partial charge in [0.25, 0.3) is 5.91 Å². The number of aromatic nitrogens is 1. The Morgan fingerprint density at radius 2 is 1.94 bits per heavy atom. The molecule has 8 nitrogen and oxygen atoms in total. The van der Waals surface area contributed by atoms with Crippen LogP contribution in [0.2, 0.25) is 0 Å². The predicted octanol–water partition coefficient (Wildman–Crippen LogP) is 1.78. The summed E-state index contributed by atoms with van der Waals surface area (Å²) in [5, 5.41) is 14.1. The van der Waals surface area contributed by atoms with Gasteiger partial charge < -0.3 is 25.0 Å². The second-order valence-corrected chi connectivity index (χ2v) is 7.89. The van der Waals surface area contributed by atoms with Gasteiger partial charge in [-0.1, -0.05) is 12.1 Å². The highest BCUT2D eigenvalue weighted by atomic mass is 19.2. The van der Waals surface area contributed by atoms with E-state index in [-0.39, 0.29) is 24.1 Å². The summed E-state index contributed by atoms with van der Waals surface area (Å²) >= 11 is 0. The number of pyridine rings is 1. The van der Waals surface area contributed by atoms with Crippen molar-refractivity contribution in [2.75, 3.05) is 13.2 Å². The number of aliphatic hydroxyl groups is 1. The highest BCUT2D eigenvalue weighted by Gasteiger charge is 2.29. The zero-order valence-corrected chi connectivity index (χ0v) is 17.9. The van der Waals surface area contributed by atoms with Crippen LogP contribution in [0.4, 0.5) is 13.2 Å². The van der Waals surface area contributed by atoms with Crippen LogP contribution in [0.25, 0.3) is 10.9 Å². The van der Waals surface area contributed by atoms with Crippen LogP contribution >= 0.6 is 0 Å². The van der Waals surface area contributed by atoms with Gasteiger partial charge in [0, 0.05) is 12.7 Å². The Balaban J connectivity index is 1.60. The molecular formula is C23H20F3N3O5. The summed E-state index contributed by atoms with van der Waals surface area (Å²) in [6.07, 6.45) is 1.19. The van der Waals surface area contributed by atoms with E-state index in [4.69, 9.17) is 4.74 Å². The van der Waals surface area contributed by atoms with Gasteiger partial charge in [0.15, 0.2) is 11.6 Å². The lowest BCUT2D eigenvalue weighted by Gasteiger charge is -2.27. The molecule has 4 rings (SSSR count). The summed E-state index contributed by atoms with van der Waals surface area (Å²) in [6, 6.07) is 4.27. The van der Waals surface area contributed by atoms with Crippen molar-refractivity contribution in [1.82, 2.24) is 15.2 Å². The summed E-state index contributed by atoms with van der Waals surface area (Å²) in [6.45, 7) is 0.934. The first-order valence-corrected chi connectivity index (χ1v) is 10.3. The van der Waals surface area contributed by atoms with Crippen LogP contribution in [-0.2, 0) is 11.3 Å². The number of rotatable bonds is 6. The number of nitrogens with one attached hydrogen (secondary N) is 2. The molecule has 0 fully saturated rings. The SMILES string of the molecule is CC1COc2c(F)c(F)cc3c(=O)c(C(=O)N[C@@H](CO)C(=O)NCc4ccc(F)cc4)cn1c23. The van der Waals surface area contributed by atoms with Gasteiger partial charge in [-0.15, -0.1) is 0 Å². The number of aliphatic hydroxyl groups excluding tert-OH is 1. The van der Waals surface area contributed by atoms with E-state index >= 15 is 0 Å². The van der Waals surface area contributed by atoms with Gasteiger partial charge in [-0.25, -0.2) is 8.78 Å². The number of ether oxygens (including phenoxy) is 1. The van der Waals surface area contributed by atoms with Crippen molar-refractivity contribution in [1.29, 1.82) is 0 Å². The van der Waals surface area contributed by atoms with Crippen molar-refractivity contribution in [3.8, 4) is 5.75 Å². The van der Waals surface area contributed by atoms with Crippen LogP contribution < -0.4 is 20.8 Å². The highest BCUT2D eigenvalue weighted by molar-refractivity contribution is 6.00. The van der Waals surface area contributed by atoms with E-state index in [2.05, 4.69) is 10.6 Å². The molecule has 2 heterocycles. The van der Waals surface area contributed by atoms with Gasteiger partial charge >= 0.3 is 0 Å². The molecule has 11 heteroatoms. The normalized spacial score (nSPS) is 15.5. The van der Waals surface area contributed by atoms with Gasteiger partial charge in [-0.2, -0.15) is 4.39 Å². The van der Waals surface area contributed by atoms with Crippen LogP contribution in [0.1, 0.15) is 28.9 Å². The fourth-order valence-electron chi connectivity index (χ4n) is 3.70. The van der Waals surface area contributed by atoms with Crippen LogP contribution in [0.3, 0.4) is 0 Å². The molecule has 34 heavy (non-hydrogen) atoms. The monoisotopic (exact) mass is 475 g/mol. The number of carbonyl (C=O) groups excluding carboxylic acids is 2. The van der Waals surface area contributed by atoms with Crippen molar-refractivity contribution in [3.05, 3.63) is 75.3 Å². The Morgan fingerprint density at radius 1 is 1.24 bits per heavy atom. The Bertz CT molecular complexity index is 1340. The fourth-order valence-corrected chi connectivity index (χ4v) is 3.70. The Labute approximate surface area is 191 Å². The molecule has 0 saturated heterocycles. The second kappa shape index (κ2) is 9.18. The molecule has 0 radical (unpaired) electrons. The number of nitrogens with zero attached hydrogens (tertiary/aromatic N) is 1. The maximum atomic E-state index is 14.2. The Kier molecular flexibility index (Phi) is 6.29. The average Bonchev–Trinajstić information content (AvgIpc) is 2.82. The summed E-state index contributed by atoms with van der Waals surface area (Å²) in [5.74, 6) is -5.09. The lowest BCUT2D eigenvalue weighted by atomic mass is 10.1. The maximum absolute atomic E-state index is 14.2. The summed E-state index contributed by atoms with van der Waals surface area (Å²) in [4.78, 5) is 38.3. The molecule has 0 bridgehead atoms. The molecule has 1 aliphatic heterocycles. The quantitative estimate of drug-likeness (QED) is 0.504. The Morgan fingerprint density at radius 3 is 2.62 bits per heavy atom. The lowest BCUT2D eigenvalue weighted by Crippen LogP contribution is -2.49. The first-order valence-electron chi connectivity index (χ1n) is 10.3. The number of hydrogen-bond acceptors (Lipinski definition) is 5. The molecular weight excluding hydrogens is 455 g/mol. The predicted molar refractivity (Wildman–Crippen MR) is 115 cm³/mol. The van der Waals surface area contributed by atoms with Gasteiger partial charge in [-0.05, 0) is 30.7 Å². The molecule has 0 aliphatic carbocycles. The third-order valence-corrected chi connectivity index (χ3v) is 5.54. The average molecular weight is 475 g/mol. The summed E-state index contributed by atoms with van der Waals surface area (Å²) in [5.41, 5.74) is -0.686. The number of hydrogen-bond donors (Lipinski definition) is 3. The summed E-state index contributed by atoms with van der Waals surface area (Å²) < 4.78 is 48.0. The third-order valence-electron chi connectivity index (χ3n) is 5.54. The molecule has 0 spiro atoms. The minimum absolute atomic E-state index is 0.0133. The van der Waals surface area contributed by atoms with Crippen LogP contribution in [-0.4, -0.2) is 40.7 Å². The number of carbonyl (C=O) groups is 2. The van der Waals surface area contributed by atoms with Crippen LogP contribution in [0.5, 0.6) is 5.75 Å². The van der Waals surface area contributed by atoms with E-state index < -0.39 is 64.7 Å². The van der Waals surface area contributed by atoms with Crippen LogP contribution in [0.15, 0.2) is 41.3 Å². The molecule has 0 saturated carbocycles. The van der Waals surface area contributed by atoms with E-state index in [1.54, 1.807) is 6.92 Å². The van der Waals surface area contributed by atoms with Crippen LogP contribution in [0, 0.1) is 17.5 Å². The molecule has 2 atom stereocenters. The van der Waals surface area contributed by atoms with Gasteiger partial charge in [0.05, 0.1) is 23.6 Å². The molecule has 1 aliphatic rings. The van der Waals surface area contributed by atoms with Gasteiger partial charge in [-0.3, -0.25) is 14.4 Å². The lowest BCUT2D eigenvalue weighted by molar-refractivity contribution is -0.124. The fraction of sp³-hybridized carbons (Fsp3) is 0.261. The molecule has 1 aromatic heterocycles. The van der Waals surface area contributed by atoms with E-state index in [1.165, 1.54) is 35.0 Å². The van der Waals surface area contributed by atoms with E-state index in [9.17, 15) is 32.7 Å². The molecule has 3 aromatic rings. The maximum Gasteiger partial charge on any atom is 0.257 e. The first-order chi connectivity index (χ1) is 16.2. The number of amides is 2. The number of halogens is 3. The van der Waals surface area contributed by atoms with Crippen molar-refractivity contribution < 1.29 is 32.6 Å². The second-order valence-electron chi connectivity index (χ2n) is 7.89. The molecule has 3 N–H and O–H groups in total. The largest absolute Gasteiger partial charge is 0.486 e. The molecule has 178 valence electrons. The van der Waals surface area contributed by atoms with Crippen molar-refractivity contribution in [2.24, 2.45) is 0 Å². The van der Waals surface area contributed by atoms with Crippen molar-refractivity contribution in [3.63, 3.8) is 0 Å². The minimum Gasteiger partial charge on any atom is -0.486 e. The van der Waals surface area contributed by atoms with Gasteiger partial charge in [0.1, 0.15) is 24.0 Å². The van der Waals surface area contributed by atoms with Crippen molar-refractivity contribution in [2.45, 2.75) is 25.6 Å². The van der Waals surface area contributed by atoms with E-state index in [0.29, 0.717) is 11.6 Å². The highest BCUT2D eigenvalue weighted by Crippen LogP contribution is 2.35. The third kappa shape index (κ3) is 4.21.